The second kappa shape index (κ2) is 6.91. The van der Waals surface area contributed by atoms with Crippen molar-refractivity contribution in [2.75, 3.05) is 0 Å². The van der Waals surface area contributed by atoms with Gasteiger partial charge < -0.3 is 0 Å². The molecule has 0 aliphatic rings. The van der Waals surface area contributed by atoms with Gasteiger partial charge in [-0.2, -0.15) is 10.5 Å². The van der Waals surface area contributed by atoms with Crippen LogP contribution in [0.4, 0.5) is 17.6 Å². The topological polar surface area (TPSA) is 47.6 Å². The van der Waals surface area contributed by atoms with E-state index in [-0.39, 0.29) is 0 Å². The predicted molar refractivity (Wildman–Crippen MR) is 62.1 cm³/mol. The number of hydrogen-bond acceptors (Lipinski definition) is 2. The van der Waals surface area contributed by atoms with Gasteiger partial charge in [0.15, 0.2) is 0 Å². The molecule has 0 saturated heterocycles. The Hall–Kier alpha value is -2.86. The van der Waals surface area contributed by atoms with E-state index < -0.39 is 34.4 Å². The summed E-state index contributed by atoms with van der Waals surface area (Å²) in [6.45, 7) is 0. The first-order valence-electron chi connectivity index (χ1n) is 5.19. The number of rotatable bonds is 0. The molecule has 0 aliphatic heterocycles. The molecule has 0 heterocycles. The summed E-state index contributed by atoms with van der Waals surface area (Å²) in [6.07, 6.45) is 0. The van der Waals surface area contributed by atoms with Gasteiger partial charge in [-0.05, 0) is 24.3 Å². The molecule has 2 rings (SSSR count). The Labute approximate surface area is 112 Å². The van der Waals surface area contributed by atoms with Crippen LogP contribution in [0.5, 0.6) is 0 Å². The normalized spacial score (nSPS) is 8.90. The summed E-state index contributed by atoms with van der Waals surface area (Å²) in [5.74, 6) is -3.27. The molecule has 0 unspecified atom stereocenters. The molecule has 0 amide bonds. The van der Waals surface area contributed by atoms with Crippen molar-refractivity contribution in [2.24, 2.45) is 0 Å². The van der Waals surface area contributed by atoms with Crippen molar-refractivity contribution in [1.29, 1.82) is 10.5 Å². The molecule has 100 valence electrons. The summed E-state index contributed by atoms with van der Waals surface area (Å²) in [6, 6.07) is 9.43. The van der Waals surface area contributed by atoms with Gasteiger partial charge in [0.25, 0.3) is 0 Å². The van der Waals surface area contributed by atoms with E-state index >= 15 is 0 Å². The second-order valence-corrected chi connectivity index (χ2v) is 3.42. The van der Waals surface area contributed by atoms with Crippen molar-refractivity contribution in [2.45, 2.75) is 0 Å². The van der Waals surface area contributed by atoms with Crippen molar-refractivity contribution >= 4 is 0 Å². The van der Waals surface area contributed by atoms with Crippen LogP contribution < -0.4 is 0 Å². The van der Waals surface area contributed by atoms with Crippen LogP contribution in [0, 0.1) is 45.9 Å². The third-order valence-electron chi connectivity index (χ3n) is 2.15. The predicted octanol–water partition coefficient (Wildman–Crippen LogP) is 3.67. The van der Waals surface area contributed by atoms with Gasteiger partial charge in [0.05, 0.1) is 0 Å². The van der Waals surface area contributed by atoms with E-state index in [2.05, 4.69) is 0 Å². The number of hydrogen-bond donors (Lipinski definition) is 0. The molecule has 6 heteroatoms. The molecule has 0 bridgehead atoms. The number of benzene rings is 2. The third kappa shape index (κ3) is 3.56. The first kappa shape index (κ1) is 15.2. The van der Waals surface area contributed by atoms with Crippen LogP contribution in [-0.4, -0.2) is 0 Å². The smallest absolute Gasteiger partial charge is 0.143 e. The van der Waals surface area contributed by atoms with Crippen LogP contribution >= 0.6 is 0 Å². The van der Waals surface area contributed by atoms with E-state index in [1.54, 1.807) is 0 Å². The fourth-order valence-corrected chi connectivity index (χ4v) is 1.21. The standard InChI is InChI=1S/2C7H3F2N/c2*8-6-2-1-3-7(9)5(6)4-10/h2*1-3H. The largest absolute Gasteiger partial charge is 0.205 e. The summed E-state index contributed by atoms with van der Waals surface area (Å²) in [4.78, 5) is 0. The Balaban J connectivity index is 0.000000200. The van der Waals surface area contributed by atoms with Crippen molar-refractivity contribution in [1.82, 2.24) is 0 Å². The molecule has 0 aliphatic carbocycles. The van der Waals surface area contributed by atoms with Crippen LogP contribution in [0.25, 0.3) is 0 Å². The maximum Gasteiger partial charge on any atom is 0.143 e. The molecule has 0 aromatic heterocycles. The lowest BCUT2D eigenvalue weighted by atomic mass is 10.2. The average Bonchev–Trinajstić information content (AvgIpc) is 2.40. The lowest BCUT2D eigenvalue weighted by molar-refractivity contribution is 0.576. The van der Waals surface area contributed by atoms with Gasteiger partial charge in [0, 0.05) is 0 Å². The Morgan fingerprint density at radius 2 is 0.850 bits per heavy atom. The summed E-state index contributed by atoms with van der Waals surface area (Å²) in [5, 5.41) is 16.3. The SMILES string of the molecule is N#Cc1c(F)cccc1F.N#Cc1c(F)cccc1F. The molecule has 2 nitrogen and oxygen atoms in total. The summed E-state index contributed by atoms with van der Waals surface area (Å²) >= 11 is 0. The van der Waals surface area contributed by atoms with E-state index in [0.29, 0.717) is 0 Å². The molecule has 2 aromatic rings. The highest BCUT2D eigenvalue weighted by atomic mass is 19.1. The van der Waals surface area contributed by atoms with Crippen molar-refractivity contribution in [3.8, 4) is 12.1 Å². The Morgan fingerprint density at radius 3 is 1.00 bits per heavy atom. The number of nitriles is 2. The summed E-state index contributed by atoms with van der Waals surface area (Å²) < 4.78 is 49.6. The van der Waals surface area contributed by atoms with Gasteiger partial charge in [0.1, 0.15) is 46.5 Å². The van der Waals surface area contributed by atoms with Gasteiger partial charge in [-0.15, -0.1) is 0 Å². The van der Waals surface area contributed by atoms with Crippen molar-refractivity contribution in [3.05, 3.63) is 70.8 Å². The van der Waals surface area contributed by atoms with E-state index in [0.717, 1.165) is 24.3 Å². The number of halogens is 4. The van der Waals surface area contributed by atoms with Crippen molar-refractivity contribution < 1.29 is 17.6 Å². The molecular weight excluding hydrogens is 272 g/mol. The van der Waals surface area contributed by atoms with Gasteiger partial charge in [-0.25, -0.2) is 17.6 Å². The Kier molecular flexibility index (Phi) is 5.25. The monoisotopic (exact) mass is 278 g/mol. The fraction of sp³-hybridized carbons (Fsp3) is 0. The van der Waals surface area contributed by atoms with Gasteiger partial charge >= 0.3 is 0 Å². The van der Waals surface area contributed by atoms with Crippen molar-refractivity contribution in [3.63, 3.8) is 0 Å². The molecule has 2 aromatic carbocycles. The zero-order valence-electron chi connectivity index (χ0n) is 9.87. The minimum atomic E-state index is -0.817. The van der Waals surface area contributed by atoms with E-state index in [4.69, 9.17) is 10.5 Å². The minimum absolute atomic E-state index is 0.525. The maximum absolute atomic E-state index is 12.4. The highest BCUT2D eigenvalue weighted by Crippen LogP contribution is 2.10. The van der Waals surface area contributed by atoms with Gasteiger partial charge in [-0.3, -0.25) is 0 Å². The minimum Gasteiger partial charge on any atom is -0.205 e. The molecule has 20 heavy (non-hydrogen) atoms. The van der Waals surface area contributed by atoms with Gasteiger partial charge in [-0.1, -0.05) is 12.1 Å². The highest BCUT2D eigenvalue weighted by molar-refractivity contribution is 5.32. The first-order chi connectivity index (χ1) is 9.51. The van der Waals surface area contributed by atoms with Crippen LogP contribution in [-0.2, 0) is 0 Å². The second-order valence-electron chi connectivity index (χ2n) is 3.42. The third-order valence-corrected chi connectivity index (χ3v) is 2.15. The molecule has 0 fully saturated rings. The van der Waals surface area contributed by atoms with E-state index in [1.807, 2.05) is 0 Å². The van der Waals surface area contributed by atoms with Crippen LogP contribution in [0.1, 0.15) is 11.1 Å². The Morgan fingerprint density at radius 1 is 0.600 bits per heavy atom. The highest BCUT2D eigenvalue weighted by Gasteiger charge is 2.05. The molecule has 0 N–H and O–H groups in total. The van der Waals surface area contributed by atoms with E-state index in [1.165, 1.54) is 24.3 Å². The average molecular weight is 278 g/mol. The van der Waals surface area contributed by atoms with E-state index in [9.17, 15) is 17.6 Å². The van der Waals surface area contributed by atoms with Crippen LogP contribution in [0.15, 0.2) is 36.4 Å². The summed E-state index contributed by atoms with van der Waals surface area (Å²) in [7, 11) is 0. The number of nitrogens with zero attached hydrogens (tertiary/aromatic N) is 2. The lowest BCUT2D eigenvalue weighted by Gasteiger charge is -1.91. The van der Waals surface area contributed by atoms with Crippen LogP contribution in [0.3, 0.4) is 0 Å². The molecule has 0 radical (unpaired) electrons. The molecule has 0 atom stereocenters. The zero-order valence-corrected chi connectivity index (χ0v) is 9.87. The fourth-order valence-electron chi connectivity index (χ4n) is 1.21. The van der Waals surface area contributed by atoms with Gasteiger partial charge in [0.2, 0.25) is 0 Å². The molecule has 0 spiro atoms. The van der Waals surface area contributed by atoms with Crippen LogP contribution in [0.2, 0.25) is 0 Å². The zero-order chi connectivity index (χ0) is 15.1. The Bertz CT molecular complexity index is 597. The summed E-state index contributed by atoms with van der Waals surface area (Å²) in [5.41, 5.74) is -1.05. The molecule has 0 saturated carbocycles. The maximum atomic E-state index is 12.4. The lowest BCUT2D eigenvalue weighted by Crippen LogP contribution is -1.87. The molecular formula is C14H6F4N2. The quantitative estimate of drug-likeness (QED) is 0.690. The first-order valence-corrected chi connectivity index (χ1v) is 5.19.